The zero-order chi connectivity index (χ0) is 13.0. The van der Waals surface area contributed by atoms with Crippen LogP contribution in [0.25, 0.3) is 0 Å². The first kappa shape index (κ1) is 13.4. The molecule has 0 amide bonds. The standard InChI is InChI=1S/C16H19BrO/c1-3-5-12-6-8-13(9-7-12)16(17)15-11-10-14(4-2)18-15/h6-11,16H,3-5H2,1-2H3. The van der Waals surface area contributed by atoms with E-state index in [-0.39, 0.29) is 4.83 Å². The van der Waals surface area contributed by atoms with Crippen molar-refractivity contribution in [3.8, 4) is 0 Å². The Labute approximate surface area is 117 Å². The minimum atomic E-state index is 0.147. The number of rotatable bonds is 5. The molecular formula is C16H19BrO. The van der Waals surface area contributed by atoms with E-state index >= 15 is 0 Å². The Morgan fingerprint density at radius 3 is 2.33 bits per heavy atom. The van der Waals surface area contributed by atoms with Crippen LogP contribution in [0.15, 0.2) is 40.8 Å². The van der Waals surface area contributed by atoms with Gasteiger partial charge in [-0.05, 0) is 29.7 Å². The molecule has 96 valence electrons. The maximum atomic E-state index is 5.78. The maximum absolute atomic E-state index is 5.78. The maximum Gasteiger partial charge on any atom is 0.122 e. The van der Waals surface area contributed by atoms with Crippen LogP contribution in [0.2, 0.25) is 0 Å². The van der Waals surface area contributed by atoms with Gasteiger partial charge in [-0.2, -0.15) is 0 Å². The molecule has 2 rings (SSSR count). The molecule has 0 aliphatic carbocycles. The number of alkyl halides is 1. The fourth-order valence-corrected chi connectivity index (χ4v) is 2.58. The van der Waals surface area contributed by atoms with Crippen molar-refractivity contribution in [3.63, 3.8) is 0 Å². The van der Waals surface area contributed by atoms with E-state index in [2.05, 4.69) is 66.2 Å². The van der Waals surface area contributed by atoms with Crippen molar-refractivity contribution in [2.45, 2.75) is 37.9 Å². The molecule has 0 N–H and O–H groups in total. The molecule has 0 saturated carbocycles. The van der Waals surface area contributed by atoms with E-state index in [1.165, 1.54) is 17.5 Å². The van der Waals surface area contributed by atoms with Crippen LogP contribution in [0, 0.1) is 0 Å². The van der Waals surface area contributed by atoms with Gasteiger partial charge in [0.15, 0.2) is 0 Å². The molecule has 0 fully saturated rings. The van der Waals surface area contributed by atoms with Gasteiger partial charge >= 0.3 is 0 Å². The Morgan fingerprint density at radius 2 is 1.78 bits per heavy atom. The zero-order valence-electron chi connectivity index (χ0n) is 10.9. The molecule has 0 aliphatic heterocycles. The summed E-state index contributed by atoms with van der Waals surface area (Å²) in [5.74, 6) is 2.02. The van der Waals surface area contributed by atoms with Crippen LogP contribution < -0.4 is 0 Å². The van der Waals surface area contributed by atoms with E-state index in [1.807, 2.05) is 0 Å². The molecule has 1 aromatic carbocycles. The molecule has 0 radical (unpaired) electrons. The van der Waals surface area contributed by atoms with Gasteiger partial charge in [0.2, 0.25) is 0 Å². The highest BCUT2D eigenvalue weighted by atomic mass is 79.9. The van der Waals surface area contributed by atoms with Gasteiger partial charge in [0.25, 0.3) is 0 Å². The molecule has 0 aliphatic rings. The van der Waals surface area contributed by atoms with Crippen LogP contribution in [-0.4, -0.2) is 0 Å². The second-order valence-electron chi connectivity index (χ2n) is 4.51. The van der Waals surface area contributed by atoms with E-state index < -0.39 is 0 Å². The van der Waals surface area contributed by atoms with Crippen molar-refractivity contribution in [3.05, 3.63) is 59.0 Å². The Morgan fingerprint density at radius 1 is 1.06 bits per heavy atom. The van der Waals surface area contributed by atoms with E-state index in [4.69, 9.17) is 4.42 Å². The zero-order valence-corrected chi connectivity index (χ0v) is 12.5. The number of furan rings is 1. The van der Waals surface area contributed by atoms with Crippen molar-refractivity contribution in [2.75, 3.05) is 0 Å². The lowest BCUT2D eigenvalue weighted by Crippen LogP contribution is -1.91. The minimum Gasteiger partial charge on any atom is -0.465 e. The molecule has 1 heterocycles. The summed E-state index contributed by atoms with van der Waals surface area (Å²) < 4.78 is 5.78. The van der Waals surface area contributed by atoms with Gasteiger partial charge in [-0.1, -0.05) is 60.5 Å². The van der Waals surface area contributed by atoms with Crippen LogP contribution in [0.4, 0.5) is 0 Å². The summed E-state index contributed by atoms with van der Waals surface area (Å²) in [5.41, 5.74) is 2.64. The summed E-state index contributed by atoms with van der Waals surface area (Å²) in [7, 11) is 0. The van der Waals surface area contributed by atoms with Crippen molar-refractivity contribution >= 4 is 15.9 Å². The van der Waals surface area contributed by atoms with Gasteiger partial charge < -0.3 is 4.42 Å². The fourth-order valence-electron chi connectivity index (χ4n) is 2.03. The molecule has 2 aromatic rings. The smallest absolute Gasteiger partial charge is 0.122 e. The van der Waals surface area contributed by atoms with Crippen molar-refractivity contribution in [1.82, 2.24) is 0 Å². The summed E-state index contributed by atoms with van der Waals surface area (Å²) in [4.78, 5) is 0.147. The Bertz CT molecular complexity index is 484. The lowest BCUT2D eigenvalue weighted by molar-refractivity contribution is 0.477. The van der Waals surface area contributed by atoms with Crippen LogP contribution in [0.5, 0.6) is 0 Å². The Balaban J connectivity index is 2.14. The topological polar surface area (TPSA) is 13.1 Å². The highest BCUT2D eigenvalue weighted by molar-refractivity contribution is 9.09. The van der Waals surface area contributed by atoms with Crippen LogP contribution >= 0.6 is 15.9 Å². The third-order valence-electron chi connectivity index (χ3n) is 3.09. The summed E-state index contributed by atoms with van der Waals surface area (Å²) in [6, 6.07) is 12.9. The molecule has 1 atom stereocenters. The van der Waals surface area contributed by atoms with E-state index in [1.54, 1.807) is 0 Å². The Kier molecular flexibility index (Phi) is 4.65. The molecule has 1 nitrogen and oxygen atoms in total. The predicted octanol–water partition coefficient (Wildman–Crippen LogP) is 5.28. The molecular weight excluding hydrogens is 288 g/mol. The minimum absolute atomic E-state index is 0.147. The first-order valence-electron chi connectivity index (χ1n) is 6.56. The summed E-state index contributed by atoms with van der Waals surface area (Å²) in [6.45, 7) is 4.31. The van der Waals surface area contributed by atoms with Gasteiger partial charge in [0.05, 0.1) is 4.83 Å². The molecule has 0 spiro atoms. The third kappa shape index (κ3) is 3.05. The highest BCUT2D eigenvalue weighted by Crippen LogP contribution is 2.32. The number of aryl methyl sites for hydroxylation is 2. The van der Waals surface area contributed by atoms with E-state index in [0.717, 1.165) is 24.4 Å². The average Bonchev–Trinajstić information content (AvgIpc) is 2.88. The van der Waals surface area contributed by atoms with Crippen LogP contribution in [0.3, 0.4) is 0 Å². The summed E-state index contributed by atoms with van der Waals surface area (Å²) in [6.07, 6.45) is 3.28. The first-order chi connectivity index (χ1) is 8.74. The molecule has 1 aromatic heterocycles. The predicted molar refractivity (Wildman–Crippen MR) is 79.3 cm³/mol. The highest BCUT2D eigenvalue weighted by Gasteiger charge is 2.14. The van der Waals surface area contributed by atoms with Gasteiger partial charge in [-0.25, -0.2) is 0 Å². The largest absolute Gasteiger partial charge is 0.465 e. The van der Waals surface area contributed by atoms with Crippen molar-refractivity contribution in [1.29, 1.82) is 0 Å². The molecule has 0 bridgehead atoms. The molecule has 1 unspecified atom stereocenters. The average molecular weight is 307 g/mol. The fraction of sp³-hybridized carbons (Fsp3) is 0.375. The van der Waals surface area contributed by atoms with Gasteiger partial charge in [-0.3, -0.25) is 0 Å². The Hall–Kier alpha value is -1.02. The lowest BCUT2D eigenvalue weighted by atomic mass is 10.1. The monoisotopic (exact) mass is 306 g/mol. The van der Waals surface area contributed by atoms with Crippen LogP contribution in [-0.2, 0) is 12.8 Å². The molecule has 18 heavy (non-hydrogen) atoms. The number of hydrogen-bond acceptors (Lipinski definition) is 1. The molecule has 2 heteroatoms. The third-order valence-corrected chi connectivity index (χ3v) is 4.07. The van der Waals surface area contributed by atoms with Gasteiger partial charge in [0.1, 0.15) is 11.5 Å². The van der Waals surface area contributed by atoms with Crippen LogP contribution in [0.1, 0.15) is 47.7 Å². The number of halogens is 1. The number of benzene rings is 1. The first-order valence-corrected chi connectivity index (χ1v) is 7.47. The normalized spacial score (nSPS) is 12.6. The summed E-state index contributed by atoms with van der Waals surface area (Å²) in [5, 5.41) is 0. The van der Waals surface area contributed by atoms with E-state index in [0.29, 0.717) is 0 Å². The summed E-state index contributed by atoms with van der Waals surface area (Å²) >= 11 is 3.71. The number of hydrogen-bond donors (Lipinski definition) is 0. The lowest BCUT2D eigenvalue weighted by Gasteiger charge is -2.08. The second-order valence-corrected chi connectivity index (χ2v) is 5.43. The van der Waals surface area contributed by atoms with Crippen molar-refractivity contribution in [2.24, 2.45) is 0 Å². The molecule has 0 saturated heterocycles. The second kappa shape index (κ2) is 6.24. The van der Waals surface area contributed by atoms with Crippen molar-refractivity contribution < 1.29 is 4.42 Å². The SMILES string of the molecule is CCCc1ccc(C(Br)c2ccc(CC)o2)cc1. The van der Waals surface area contributed by atoms with E-state index in [9.17, 15) is 0 Å². The van der Waals surface area contributed by atoms with Gasteiger partial charge in [-0.15, -0.1) is 0 Å². The van der Waals surface area contributed by atoms with Gasteiger partial charge in [0, 0.05) is 6.42 Å². The quantitative estimate of drug-likeness (QED) is 0.685.